The summed E-state index contributed by atoms with van der Waals surface area (Å²) >= 11 is 0. The molecule has 0 amide bonds. The Hall–Kier alpha value is 0.0569. The molecule has 0 aromatic rings. The standard InChI is InChI=1S/C14H31N3OSi/c1-12(2)18-19(15-3,16-13-8-4-5-9-13)17-14-10-6-7-11-14/h12-17H,4-11H2,1-3H3. The zero-order chi connectivity index (χ0) is 13.7. The van der Waals surface area contributed by atoms with E-state index in [-0.39, 0.29) is 6.10 Å². The summed E-state index contributed by atoms with van der Waals surface area (Å²) in [6, 6.07) is 1.26. The fourth-order valence-corrected chi connectivity index (χ4v) is 6.44. The molecule has 19 heavy (non-hydrogen) atoms. The summed E-state index contributed by atoms with van der Waals surface area (Å²) in [5.74, 6) is 0. The lowest BCUT2D eigenvalue weighted by Gasteiger charge is -2.37. The first-order chi connectivity index (χ1) is 9.13. The van der Waals surface area contributed by atoms with E-state index in [1.165, 1.54) is 51.4 Å². The minimum Gasteiger partial charge on any atom is -0.378 e. The van der Waals surface area contributed by atoms with Gasteiger partial charge in [0.25, 0.3) is 0 Å². The van der Waals surface area contributed by atoms with Crippen molar-refractivity contribution < 1.29 is 4.43 Å². The Morgan fingerprint density at radius 1 is 0.895 bits per heavy atom. The van der Waals surface area contributed by atoms with Crippen molar-refractivity contribution in [2.75, 3.05) is 7.05 Å². The van der Waals surface area contributed by atoms with Gasteiger partial charge in [-0.1, -0.05) is 25.7 Å². The molecule has 5 heteroatoms. The van der Waals surface area contributed by atoms with Crippen LogP contribution in [0.15, 0.2) is 0 Å². The Balaban J connectivity index is 1.99. The van der Waals surface area contributed by atoms with Crippen molar-refractivity contribution >= 4 is 8.80 Å². The predicted octanol–water partition coefficient (Wildman–Crippen LogP) is 2.13. The second-order valence-electron chi connectivity index (χ2n) is 6.35. The predicted molar refractivity (Wildman–Crippen MR) is 81.8 cm³/mol. The van der Waals surface area contributed by atoms with Crippen LogP contribution in [0.1, 0.15) is 65.2 Å². The van der Waals surface area contributed by atoms with E-state index >= 15 is 0 Å². The highest BCUT2D eigenvalue weighted by molar-refractivity contribution is 6.66. The van der Waals surface area contributed by atoms with Gasteiger partial charge in [-0.25, -0.2) is 0 Å². The topological polar surface area (TPSA) is 45.3 Å². The maximum absolute atomic E-state index is 6.32. The third-order valence-electron chi connectivity index (χ3n) is 4.29. The van der Waals surface area contributed by atoms with E-state index < -0.39 is 8.80 Å². The van der Waals surface area contributed by atoms with Crippen LogP contribution in [-0.2, 0) is 4.43 Å². The van der Waals surface area contributed by atoms with Gasteiger partial charge in [0.2, 0.25) is 0 Å². The molecule has 2 saturated carbocycles. The maximum atomic E-state index is 6.32. The second kappa shape index (κ2) is 7.18. The van der Waals surface area contributed by atoms with Gasteiger partial charge < -0.3 is 4.43 Å². The molecule has 0 heterocycles. The summed E-state index contributed by atoms with van der Waals surface area (Å²) in [7, 11) is -0.172. The Labute approximate surface area is 119 Å². The van der Waals surface area contributed by atoms with Crippen LogP contribution in [0.4, 0.5) is 0 Å². The molecular weight excluding hydrogens is 254 g/mol. The zero-order valence-electron chi connectivity index (χ0n) is 12.8. The van der Waals surface area contributed by atoms with Crippen LogP contribution >= 0.6 is 0 Å². The van der Waals surface area contributed by atoms with Crippen LogP contribution < -0.4 is 14.9 Å². The van der Waals surface area contributed by atoms with Crippen molar-refractivity contribution in [3.05, 3.63) is 0 Å². The number of rotatable bonds is 7. The van der Waals surface area contributed by atoms with Gasteiger partial charge in [0.05, 0.1) is 0 Å². The number of nitrogens with one attached hydrogen (secondary N) is 3. The molecule has 2 aliphatic rings. The van der Waals surface area contributed by atoms with Crippen LogP contribution in [0, 0.1) is 0 Å². The van der Waals surface area contributed by atoms with Gasteiger partial charge in [-0.2, -0.15) is 0 Å². The van der Waals surface area contributed by atoms with Crippen molar-refractivity contribution in [3.8, 4) is 0 Å². The van der Waals surface area contributed by atoms with Gasteiger partial charge >= 0.3 is 8.80 Å². The van der Waals surface area contributed by atoms with E-state index in [1.54, 1.807) is 0 Å². The van der Waals surface area contributed by atoms with Gasteiger partial charge in [-0.15, -0.1) is 0 Å². The average molecular weight is 286 g/mol. The first-order valence-corrected chi connectivity index (χ1v) is 9.96. The molecule has 0 radical (unpaired) electrons. The molecule has 0 atom stereocenters. The highest BCUT2D eigenvalue weighted by Crippen LogP contribution is 2.22. The minimum atomic E-state index is -2.21. The van der Waals surface area contributed by atoms with Crippen LogP contribution in [-0.4, -0.2) is 34.0 Å². The van der Waals surface area contributed by atoms with E-state index in [2.05, 4.69) is 28.8 Å². The number of hydrogen-bond donors (Lipinski definition) is 3. The van der Waals surface area contributed by atoms with Crippen molar-refractivity contribution in [3.63, 3.8) is 0 Å². The molecule has 0 saturated heterocycles. The largest absolute Gasteiger partial charge is 0.440 e. The molecule has 0 aromatic carbocycles. The molecular formula is C14H31N3OSi. The van der Waals surface area contributed by atoms with Crippen LogP contribution in [0.25, 0.3) is 0 Å². The van der Waals surface area contributed by atoms with Crippen LogP contribution in [0.3, 0.4) is 0 Å². The quantitative estimate of drug-likeness (QED) is 0.627. The van der Waals surface area contributed by atoms with E-state index in [9.17, 15) is 0 Å². The lowest BCUT2D eigenvalue weighted by atomic mass is 10.3. The lowest BCUT2D eigenvalue weighted by Crippen LogP contribution is -2.77. The molecule has 0 unspecified atom stereocenters. The van der Waals surface area contributed by atoms with Gasteiger partial charge in [0.1, 0.15) is 0 Å². The van der Waals surface area contributed by atoms with Gasteiger partial charge in [0.15, 0.2) is 0 Å². The summed E-state index contributed by atoms with van der Waals surface area (Å²) in [5, 5.41) is 0. The highest BCUT2D eigenvalue weighted by atomic mass is 28.4. The number of hydrogen-bond acceptors (Lipinski definition) is 4. The first kappa shape index (κ1) is 15.4. The summed E-state index contributed by atoms with van der Waals surface area (Å²) < 4.78 is 6.32. The van der Waals surface area contributed by atoms with Gasteiger partial charge in [-0.05, 0) is 46.6 Å². The summed E-state index contributed by atoms with van der Waals surface area (Å²) in [5.41, 5.74) is 0. The fraction of sp³-hybridized carbons (Fsp3) is 1.00. The Morgan fingerprint density at radius 2 is 1.32 bits per heavy atom. The lowest BCUT2D eigenvalue weighted by molar-refractivity contribution is 0.196. The minimum absolute atomic E-state index is 0.252. The molecule has 3 N–H and O–H groups in total. The van der Waals surface area contributed by atoms with E-state index in [0.29, 0.717) is 12.1 Å². The molecule has 4 nitrogen and oxygen atoms in total. The second-order valence-corrected chi connectivity index (χ2v) is 9.02. The third kappa shape index (κ3) is 4.53. The smallest absolute Gasteiger partial charge is 0.378 e. The van der Waals surface area contributed by atoms with Crippen molar-refractivity contribution in [2.45, 2.75) is 83.4 Å². The fourth-order valence-electron chi connectivity index (χ4n) is 3.38. The monoisotopic (exact) mass is 285 g/mol. The third-order valence-corrected chi connectivity index (χ3v) is 7.45. The molecule has 0 spiro atoms. The Kier molecular flexibility index (Phi) is 5.83. The van der Waals surface area contributed by atoms with Gasteiger partial charge in [-0.3, -0.25) is 14.9 Å². The SMILES string of the molecule is CN[Si](NC1CCCC1)(NC1CCCC1)OC(C)C. The van der Waals surface area contributed by atoms with Crippen molar-refractivity contribution in [1.29, 1.82) is 0 Å². The van der Waals surface area contributed by atoms with E-state index in [1.807, 2.05) is 7.05 Å². The van der Waals surface area contributed by atoms with Crippen LogP contribution in [0.2, 0.25) is 0 Å². The molecule has 0 aromatic heterocycles. The molecule has 0 aliphatic heterocycles. The zero-order valence-corrected chi connectivity index (χ0v) is 13.8. The molecule has 2 rings (SSSR count). The maximum Gasteiger partial charge on any atom is 0.440 e. The molecule has 0 bridgehead atoms. The van der Waals surface area contributed by atoms with Gasteiger partial charge in [0, 0.05) is 18.2 Å². The normalized spacial score (nSPS) is 22.7. The van der Waals surface area contributed by atoms with Crippen molar-refractivity contribution in [2.24, 2.45) is 0 Å². The summed E-state index contributed by atoms with van der Waals surface area (Å²) in [6.45, 7) is 4.26. The highest BCUT2D eigenvalue weighted by Gasteiger charge is 2.41. The Bertz CT molecular complexity index is 245. The van der Waals surface area contributed by atoms with E-state index in [4.69, 9.17) is 4.43 Å². The summed E-state index contributed by atoms with van der Waals surface area (Å²) in [4.78, 5) is 11.2. The summed E-state index contributed by atoms with van der Waals surface area (Å²) in [6.07, 6.45) is 10.9. The molecule has 112 valence electrons. The molecule has 2 aliphatic carbocycles. The Morgan fingerprint density at radius 3 is 1.63 bits per heavy atom. The van der Waals surface area contributed by atoms with Crippen molar-refractivity contribution in [1.82, 2.24) is 14.9 Å². The first-order valence-electron chi connectivity index (χ1n) is 8.05. The van der Waals surface area contributed by atoms with E-state index in [0.717, 1.165) is 0 Å². The molecule has 2 fully saturated rings. The van der Waals surface area contributed by atoms with Crippen LogP contribution in [0.5, 0.6) is 0 Å². The average Bonchev–Trinajstić information content (AvgIpc) is 3.01.